The molecule has 22 aromatic rings. The van der Waals surface area contributed by atoms with Crippen molar-refractivity contribution in [3.8, 4) is 125 Å². The lowest BCUT2D eigenvalue weighted by molar-refractivity contribution is 1.06. The molecule has 0 saturated carbocycles. The third-order valence-electron chi connectivity index (χ3n) is 21.0. The molecular formula is C100H62N10S2. The molecule has 0 bridgehead atoms. The molecule has 22 rings (SSSR count). The van der Waals surface area contributed by atoms with Crippen LogP contribution in [0.2, 0.25) is 0 Å². The van der Waals surface area contributed by atoms with E-state index in [1.807, 2.05) is 174 Å². The summed E-state index contributed by atoms with van der Waals surface area (Å²) in [5.41, 5.74) is 20.0. The number of fused-ring (bicyclic) bond motifs is 14. The van der Waals surface area contributed by atoms with Crippen LogP contribution in [0.25, 0.3) is 209 Å². The number of aromatic nitrogens is 10. The van der Waals surface area contributed by atoms with Gasteiger partial charge in [0.15, 0.2) is 34.9 Å². The van der Waals surface area contributed by atoms with E-state index in [1.54, 1.807) is 0 Å². The Balaban J connectivity index is 0.000000141. The summed E-state index contributed by atoms with van der Waals surface area (Å²) in [5.74, 6) is 3.52. The molecule has 10 nitrogen and oxygen atoms in total. The zero-order valence-electron chi connectivity index (χ0n) is 60.1. The van der Waals surface area contributed by atoms with E-state index in [0.29, 0.717) is 40.6 Å². The van der Waals surface area contributed by atoms with E-state index in [1.165, 1.54) is 84.0 Å². The lowest BCUT2D eigenvalue weighted by Crippen LogP contribution is -2.03. The van der Waals surface area contributed by atoms with E-state index in [-0.39, 0.29) is 0 Å². The van der Waals surface area contributed by atoms with Gasteiger partial charge in [0.1, 0.15) is 5.69 Å². The van der Waals surface area contributed by atoms with E-state index in [0.717, 1.165) is 84.0 Å². The number of thiophene rings is 2. The summed E-state index contributed by atoms with van der Waals surface area (Å²) in [6.07, 6.45) is 1.97. The Bertz CT molecular complexity index is 7220. The highest BCUT2D eigenvalue weighted by Gasteiger charge is 2.26. The van der Waals surface area contributed by atoms with Crippen LogP contribution < -0.4 is 0 Å². The second-order valence-corrected chi connectivity index (χ2v) is 29.8. The molecule has 524 valence electrons. The van der Waals surface area contributed by atoms with Crippen LogP contribution in [0.4, 0.5) is 0 Å². The molecule has 0 aliphatic heterocycles. The molecule has 0 amide bonds. The smallest absolute Gasteiger partial charge is 0.183 e. The molecule has 8 heterocycles. The molecule has 0 saturated heterocycles. The van der Waals surface area contributed by atoms with Crippen molar-refractivity contribution in [1.82, 2.24) is 49.0 Å². The van der Waals surface area contributed by atoms with Gasteiger partial charge in [-0.2, -0.15) is 0 Å². The molecule has 14 aromatic carbocycles. The van der Waals surface area contributed by atoms with Crippen LogP contribution in [-0.2, 0) is 0 Å². The summed E-state index contributed by atoms with van der Waals surface area (Å²) in [4.78, 5) is 41.4. The molecule has 12 heteroatoms. The molecule has 8 aromatic heterocycles. The van der Waals surface area contributed by atoms with E-state index >= 15 is 0 Å². The molecular weight excluding hydrogens is 1410 g/mol. The van der Waals surface area contributed by atoms with Gasteiger partial charge in [-0.1, -0.05) is 273 Å². The highest BCUT2D eigenvalue weighted by atomic mass is 32.1. The SMILES string of the molecule is c1ccc(-c2ccc(-c3cccc4sc5ccc6c(c7ccccc7n6-c6ccccc6)c5c34)c(-c3nc(-c4ccccc4)nc(-c4ccccc4)n3)n2)cc1.c1ccc(-c2cnc(-c3ccc4sc5ccc6c(c7ccccc7n6-c6ccccc6)c5c4c3)c(-c3nc(-c4ccccc4)nc(-c4ccccc4)n3)c2)cc1. The Kier molecular flexibility index (Phi) is 16.4. The Hall–Kier alpha value is -14.6. The molecule has 0 aliphatic carbocycles. The van der Waals surface area contributed by atoms with E-state index < -0.39 is 0 Å². The normalized spacial score (nSPS) is 11.6. The maximum absolute atomic E-state index is 5.43. The second kappa shape index (κ2) is 27.9. The number of pyridine rings is 2. The maximum Gasteiger partial charge on any atom is 0.183 e. The zero-order valence-corrected chi connectivity index (χ0v) is 61.7. The number of hydrogen-bond donors (Lipinski definition) is 0. The number of nitrogens with zero attached hydrogens (tertiary/aromatic N) is 10. The fraction of sp³-hybridized carbons (Fsp3) is 0. The van der Waals surface area contributed by atoms with Gasteiger partial charge in [0.25, 0.3) is 0 Å². The second-order valence-electron chi connectivity index (χ2n) is 27.7. The Morgan fingerprint density at radius 3 is 1.15 bits per heavy atom. The first-order valence-corrected chi connectivity index (χ1v) is 38.9. The minimum absolute atomic E-state index is 0.521. The number of hydrogen-bond acceptors (Lipinski definition) is 10. The monoisotopic (exact) mass is 1470 g/mol. The van der Waals surface area contributed by atoms with Gasteiger partial charge in [0.05, 0.1) is 33.5 Å². The molecule has 112 heavy (non-hydrogen) atoms. The third-order valence-corrected chi connectivity index (χ3v) is 23.2. The van der Waals surface area contributed by atoms with Crippen molar-refractivity contribution >= 4 is 107 Å². The van der Waals surface area contributed by atoms with Gasteiger partial charge in [-0.15, -0.1) is 22.7 Å². The van der Waals surface area contributed by atoms with Crippen LogP contribution in [0.3, 0.4) is 0 Å². The molecule has 0 radical (unpaired) electrons. The van der Waals surface area contributed by atoms with E-state index in [2.05, 4.69) is 234 Å². The minimum Gasteiger partial charge on any atom is -0.309 e. The summed E-state index contributed by atoms with van der Waals surface area (Å²) < 4.78 is 9.71. The van der Waals surface area contributed by atoms with Crippen molar-refractivity contribution in [1.29, 1.82) is 0 Å². The van der Waals surface area contributed by atoms with Crippen LogP contribution in [-0.4, -0.2) is 49.0 Å². The zero-order chi connectivity index (χ0) is 74.0. The average molecular weight is 1470 g/mol. The van der Waals surface area contributed by atoms with Crippen molar-refractivity contribution in [2.24, 2.45) is 0 Å². The average Bonchev–Trinajstić information content (AvgIpc) is 1.41. The molecule has 0 aliphatic rings. The molecule has 0 atom stereocenters. The Morgan fingerprint density at radius 1 is 0.205 bits per heavy atom. The van der Waals surface area contributed by atoms with Crippen molar-refractivity contribution in [2.45, 2.75) is 0 Å². The molecule has 0 spiro atoms. The van der Waals surface area contributed by atoms with Gasteiger partial charge in [-0.25, -0.2) is 34.9 Å². The summed E-state index contributed by atoms with van der Waals surface area (Å²) in [7, 11) is 0. The Labute approximate surface area is 652 Å². The van der Waals surface area contributed by atoms with Gasteiger partial charge < -0.3 is 9.13 Å². The lowest BCUT2D eigenvalue weighted by atomic mass is 9.95. The van der Waals surface area contributed by atoms with Gasteiger partial charge in [-0.3, -0.25) is 4.98 Å². The van der Waals surface area contributed by atoms with Crippen molar-refractivity contribution in [3.63, 3.8) is 0 Å². The predicted octanol–water partition coefficient (Wildman–Crippen LogP) is 26.1. The number of rotatable bonds is 12. The summed E-state index contributed by atoms with van der Waals surface area (Å²) in [6, 6.07) is 129. The first kappa shape index (κ1) is 65.7. The number of para-hydroxylation sites is 4. The predicted molar refractivity (Wildman–Crippen MR) is 464 cm³/mol. The van der Waals surface area contributed by atoms with Crippen LogP contribution in [0.15, 0.2) is 376 Å². The van der Waals surface area contributed by atoms with Crippen LogP contribution in [0.5, 0.6) is 0 Å². The van der Waals surface area contributed by atoms with E-state index in [9.17, 15) is 0 Å². The summed E-state index contributed by atoms with van der Waals surface area (Å²) in [6.45, 7) is 0. The third kappa shape index (κ3) is 11.6. The first-order valence-electron chi connectivity index (χ1n) is 37.3. The van der Waals surface area contributed by atoms with Gasteiger partial charge in [0.2, 0.25) is 0 Å². The molecule has 0 fully saturated rings. The highest BCUT2D eigenvalue weighted by molar-refractivity contribution is 7.26. The first-order chi connectivity index (χ1) is 55.5. The summed E-state index contributed by atoms with van der Waals surface area (Å²) >= 11 is 3.66. The lowest BCUT2D eigenvalue weighted by Gasteiger charge is -2.14. The van der Waals surface area contributed by atoms with Gasteiger partial charge >= 0.3 is 0 Å². The number of benzene rings is 14. The van der Waals surface area contributed by atoms with Crippen LogP contribution in [0.1, 0.15) is 0 Å². The van der Waals surface area contributed by atoms with Crippen molar-refractivity contribution in [2.75, 3.05) is 0 Å². The largest absolute Gasteiger partial charge is 0.309 e. The standard InChI is InChI=1S/2C50H31N5S/c1-5-16-32(17-6-1)39-29-28-37(47(51-39)50-53-48(33-18-7-2-8-19-33)52-49(54-50)34-20-9-3-10-21-34)36-25-15-27-42-45(36)46-43(56-42)31-30-41-44(46)38-24-13-14-26-40(38)55(41)35-22-11-4-12-23-35;1-5-15-32(16-6-1)36-30-40(50-53-48(33-17-7-2-8-18-33)52-49(54-50)34-19-9-3-10-20-34)47(51-31-36)35-25-27-43-39(29-35)46-44(56-43)28-26-42-45(46)38-23-13-14-24-41(38)55(42)37-21-11-4-12-22-37/h2*1-31H. The molecule has 0 N–H and O–H groups in total. The highest BCUT2D eigenvalue weighted by Crippen LogP contribution is 2.50. The quantitative estimate of drug-likeness (QED) is 0.119. The van der Waals surface area contributed by atoms with Gasteiger partial charge in [-0.05, 0) is 108 Å². The maximum atomic E-state index is 5.43. The minimum atomic E-state index is 0.521. The van der Waals surface area contributed by atoms with E-state index in [4.69, 9.17) is 39.9 Å². The van der Waals surface area contributed by atoms with Crippen LogP contribution >= 0.6 is 22.7 Å². The molecule has 0 unspecified atom stereocenters. The van der Waals surface area contributed by atoms with Gasteiger partial charge in [0, 0.05) is 130 Å². The van der Waals surface area contributed by atoms with Crippen molar-refractivity contribution < 1.29 is 0 Å². The summed E-state index contributed by atoms with van der Waals surface area (Å²) in [5, 5.41) is 9.87. The fourth-order valence-corrected chi connectivity index (χ4v) is 18.1. The van der Waals surface area contributed by atoms with Crippen molar-refractivity contribution in [3.05, 3.63) is 376 Å². The topological polar surface area (TPSA) is 113 Å². The Morgan fingerprint density at radius 2 is 0.625 bits per heavy atom. The van der Waals surface area contributed by atoms with Crippen LogP contribution in [0, 0.1) is 0 Å². The fourth-order valence-electron chi connectivity index (χ4n) is 15.9.